The van der Waals surface area contributed by atoms with Gasteiger partial charge in [-0.3, -0.25) is 0 Å². The number of anilines is 1. The second-order valence-electron chi connectivity index (χ2n) is 3.37. The van der Waals surface area contributed by atoms with Crippen LogP contribution in [0.15, 0.2) is 30.9 Å². The van der Waals surface area contributed by atoms with E-state index in [9.17, 15) is 0 Å². The highest BCUT2D eigenvalue weighted by molar-refractivity contribution is 6.35. The Morgan fingerprint density at radius 1 is 1.12 bits per heavy atom. The van der Waals surface area contributed by atoms with E-state index in [-0.39, 0.29) is 0 Å². The SMILES string of the molecule is Clc1ccc(CCNc2ncncn2)c(Cl)c1. The smallest absolute Gasteiger partial charge is 0.225 e. The zero-order valence-electron chi connectivity index (χ0n) is 8.90. The van der Waals surface area contributed by atoms with Gasteiger partial charge in [-0.15, -0.1) is 0 Å². The molecule has 6 heteroatoms. The third-order valence-corrected chi connectivity index (χ3v) is 2.77. The first kappa shape index (κ1) is 12.1. The van der Waals surface area contributed by atoms with Gasteiger partial charge in [0, 0.05) is 16.6 Å². The molecule has 0 aliphatic heterocycles. The number of rotatable bonds is 4. The van der Waals surface area contributed by atoms with Crippen LogP contribution < -0.4 is 5.32 Å². The number of hydrogen-bond donors (Lipinski definition) is 1. The fourth-order valence-corrected chi connectivity index (χ4v) is 1.87. The van der Waals surface area contributed by atoms with E-state index in [0.717, 1.165) is 12.0 Å². The van der Waals surface area contributed by atoms with E-state index in [4.69, 9.17) is 23.2 Å². The second-order valence-corrected chi connectivity index (χ2v) is 4.22. The number of nitrogens with one attached hydrogen (secondary N) is 1. The fraction of sp³-hybridized carbons (Fsp3) is 0.182. The minimum Gasteiger partial charge on any atom is -0.354 e. The van der Waals surface area contributed by atoms with Crippen molar-refractivity contribution in [3.05, 3.63) is 46.5 Å². The highest BCUT2D eigenvalue weighted by Gasteiger charge is 2.01. The number of nitrogens with zero attached hydrogens (tertiary/aromatic N) is 3. The van der Waals surface area contributed by atoms with Crippen LogP contribution in [0.2, 0.25) is 10.0 Å². The van der Waals surface area contributed by atoms with Gasteiger partial charge in [-0.2, -0.15) is 0 Å². The van der Waals surface area contributed by atoms with E-state index in [0.29, 0.717) is 22.5 Å². The fourth-order valence-electron chi connectivity index (χ4n) is 1.36. The highest BCUT2D eigenvalue weighted by Crippen LogP contribution is 2.21. The first-order valence-electron chi connectivity index (χ1n) is 5.05. The Morgan fingerprint density at radius 3 is 2.59 bits per heavy atom. The summed E-state index contributed by atoms with van der Waals surface area (Å²) < 4.78 is 0. The maximum atomic E-state index is 6.06. The van der Waals surface area contributed by atoms with Crippen molar-refractivity contribution < 1.29 is 0 Å². The Hall–Kier alpha value is -1.39. The monoisotopic (exact) mass is 268 g/mol. The highest BCUT2D eigenvalue weighted by atomic mass is 35.5. The van der Waals surface area contributed by atoms with Crippen molar-refractivity contribution in [1.82, 2.24) is 15.0 Å². The second kappa shape index (κ2) is 5.80. The van der Waals surface area contributed by atoms with E-state index in [1.807, 2.05) is 12.1 Å². The van der Waals surface area contributed by atoms with Gasteiger partial charge in [0.25, 0.3) is 0 Å². The quantitative estimate of drug-likeness (QED) is 0.927. The summed E-state index contributed by atoms with van der Waals surface area (Å²) in [5, 5.41) is 4.40. The molecular weight excluding hydrogens is 259 g/mol. The van der Waals surface area contributed by atoms with Crippen LogP contribution in [0.1, 0.15) is 5.56 Å². The predicted molar refractivity (Wildman–Crippen MR) is 68.5 cm³/mol. The maximum absolute atomic E-state index is 6.06. The molecule has 4 nitrogen and oxygen atoms in total. The number of benzene rings is 1. The number of hydrogen-bond acceptors (Lipinski definition) is 4. The summed E-state index contributed by atoms with van der Waals surface area (Å²) in [5.74, 6) is 0.560. The van der Waals surface area contributed by atoms with Gasteiger partial charge in [0.2, 0.25) is 5.95 Å². The van der Waals surface area contributed by atoms with Gasteiger partial charge in [0.15, 0.2) is 0 Å². The summed E-state index contributed by atoms with van der Waals surface area (Å²) in [7, 11) is 0. The topological polar surface area (TPSA) is 50.7 Å². The molecule has 17 heavy (non-hydrogen) atoms. The minimum absolute atomic E-state index is 0.560. The Bertz CT molecular complexity index is 490. The number of aromatic nitrogens is 3. The molecular formula is C11H10Cl2N4. The molecule has 1 heterocycles. The molecule has 1 aromatic carbocycles. The molecule has 0 bridgehead atoms. The van der Waals surface area contributed by atoms with Crippen molar-refractivity contribution >= 4 is 29.2 Å². The van der Waals surface area contributed by atoms with E-state index in [1.165, 1.54) is 12.7 Å². The molecule has 1 aromatic heterocycles. The van der Waals surface area contributed by atoms with E-state index in [1.54, 1.807) is 6.07 Å². The third-order valence-electron chi connectivity index (χ3n) is 2.19. The molecule has 0 saturated heterocycles. The molecule has 0 atom stereocenters. The van der Waals surface area contributed by atoms with E-state index in [2.05, 4.69) is 20.3 Å². The van der Waals surface area contributed by atoms with Crippen LogP contribution in [0.5, 0.6) is 0 Å². The molecule has 0 radical (unpaired) electrons. The average molecular weight is 269 g/mol. The largest absolute Gasteiger partial charge is 0.354 e. The van der Waals surface area contributed by atoms with Gasteiger partial charge in [0.05, 0.1) is 0 Å². The van der Waals surface area contributed by atoms with Gasteiger partial charge in [-0.25, -0.2) is 15.0 Å². The lowest BCUT2D eigenvalue weighted by Crippen LogP contribution is -2.08. The van der Waals surface area contributed by atoms with Crippen LogP contribution in [-0.2, 0) is 6.42 Å². The Kier molecular flexibility index (Phi) is 4.12. The van der Waals surface area contributed by atoms with E-state index < -0.39 is 0 Å². The summed E-state index contributed by atoms with van der Waals surface area (Å²) in [6, 6.07) is 5.48. The first-order valence-corrected chi connectivity index (χ1v) is 5.81. The molecule has 2 rings (SSSR count). The summed E-state index contributed by atoms with van der Waals surface area (Å²) in [6.45, 7) is 0.700. The molecule has 0 amide bonds. The molecule has 0 aliphatic rings. The van der Waals surface area contributed by atoms with Crippen LogP contribution >= 0.6 is 23.2 Å². The van der Waals surface area contributed by atoms with Crippen molar-refractivity contribution in [2.45, 2.75) is 6.42 Å². The van der Waals surface area contributed by atoms with Crippen molar-refractivity contribution in [2.24, 2.45) is 0 Å². The van der Waals surface area contributed by atoms with Crippen LogP contribution in [0.3, 0.4) is 0 Å². The van der Waals surface area contributed by atoms with Gasteiger partial charge in [0.1, 0.15) is 12.7 Å². The summed E-state index contributed by atoms with van der Waals surface area (Å²) >= 11 is 11.9. The molecule has 0 unspecified atom stereocenters. The van der Waals surface area contributed by atoms with Gasteiger partial charge >= 0.3 is 0 Å². The lowest BCUT2D eigenvalue weighted by molar-refractivity contribution is 0.962. The van der Waals surface area contributed by atoms with Gasteiger partial charge < -0.3 is 5.32 Å². The van der Waals surface area contributed by atoms with Crippen molar-refractivity contribution in [3.63, 3.8) is 0 Å². The third kappa shape index (κ3) is 3.54. The molecule has 0 spiro atoms. The van der Waals surface area contributed by atoms with Crippen LogP contribution in [0.25, 0.3) is 0 Å². The Labute approximate surface area is 109 Å². The van der Waals surface area contributed by atoms with E-state index >= 15 is 0 Å². The Morgan fingerprint density at radius 2 is 1.88 bits per heavy atom. The van der Waals surface area contributed by atoms with Crippen LogP contribution in [-0.4, -0.2) is 21.5 Å². The molecule has 0 fully saturated rings. The number of halogens is 2. The predicted octanol–water partition coefficient (Wildman–Crippen LogP) is 2.83. The molecule has 2 aromatic rings. The molecule has 0 aliphatic carbocycles. The minimum atomic E-state index is 0.560. The lowest BCUT2D eigenvalue weighted by atomic mass is 10.1. The Balaban J connectivity index is 1.90. The summed E-state index contributed by atoms with van der Waals surface area (Å²) in [5.41, 5.74) is 1.04. The average Bonchev–Trinajstić information content (AvgIpc) is 2.33. The van der Waals surface area contributed by atoms with Gasteiger partial charge in [-0.1, -0.05) is 29.3 Å². The standard InChI is InChI=1S/C11H10Cl2N4/c12-9-2-1-8(10(13)5-9)3-4-15-11-16-6-14-7-17-11/h1-2,5-7H,3-4H2,(H,14,15,16,17). The first-order chi connectivity index (χ1) is 8.25. The summed E-state index contributed by atoms with van der Waals surface area (Å²) in [6.07, 6.45) is 3.68. The van der Waals surface area contributed by atoms with Crippen molar-refractivity contribution in [3.8, 4) is 0 Å². The summed E-state index contributed by atoms with van der Waals surface area (Å²) in [4.78, 5) is 11.7. The maximum Gasteiger partial charge on any atom is 0.225 e. The molecule has 88 valence electrons. The van der Waals surface area contributed by atoms with Crippen LogP contribution in [0.4, 0.5) is 5.95 Å². The molecule has 1 N–H and O–H groups in total. The lowest BCUT2D eigenvalue weighted by Gasteiger charge is -2.06. The zero-order chi connectivity index (χ0) is 12.1. The normalized spacial score (nSPS) is 10.2. The van der Waals surface area contributed by atoms with Gasteiger partial charge in [-0.05, 0) is 24.1 Å². The zero-order valence-corrected chi connectivity index (χ0v) is 10.4. The van der Waals surface area contributed by atoms with Crippen molar-refractivity contribution in [2.75, 3.05) is 11.9 Å². The van der Waals surface area contributed by atoms with Crippen LogP contribution in [0, 0.1) is 0 Å². The molecule has 0 saturated carbocycles. The van der Waals surface area contributed by atoms with Crippen molar-refractivity contribution in [1.29, 1.82) is 0 Å².